The molecule has 1 saturated heterocycles. The average molecular weight is 364 g/mol. The summed E-state index contributed by atoms with van der Waals surface area (Å²) in [4.78, 5) is 19.5. The second-order valence-electron chi connectivity index (χ2n) is 4.32. The summed E-state index contributed by atoms with van der Waals surface area (Å²) in [6.07, 6.45) is 5.60. The number of aromatic nitrogens is 2. The third-order valence-corrected chi connectivity index (χ3v) is 5.42. The van der Waals surface area contributed by atoms with Crippen LogP contribution in [0.4, 0.5) is 0 Å². The number of aryl methyl sites for hydroxylation is 1. The van der Waals surface area contributed by atoms with Gasteiger partial charge in [0.25, 0.3) is 5.56 Å². The number of hydrogen-bond donors (Lipinski definition) is 1. The Morgan fingerprint density at radius 3 is 3.00 bits per heavy atom. The van der Waals surface area contributed by atoms with E-state index in [9.17, 15) is 4.79 Å². The van der Waals surface area contributed by atoms with E-state index in [-0.39, 0.29) is 5.56 Å². The molecular formula is C12H17IN2OS. The summed E-state index contributed by atoms with van der Waals surface area (Å²) >= 11 is 4.03. The molecule has 0 aliphatic carbocycles. The summed E-state index contributed by atoms with van der Waals surface area (Å²) in [6, 6.07) is 0. The Hall–Kier alpha value is -0.0400. The number of nitrogens with zero attached hydrogens (tertiary/aromatic N) is 1. The van der Waals surface area contributed by atoms with Crippen LogP contribution >= 0.6 is 34.4 Å². The topological polar surface area (TPSA) is 45.8 Å². The van der Waals surface area contributed by atoms with Crippen LogP contribution in [0.5, 0.6) is 0 Å². The number of rotatable bonds is 3. The van der Waals surface area contributed by atoms with Crippen molar-refractivity contribution >= 4 is 34.4 Å². The normalized spacial score (nSPS) is 20.5. The maximum absolute atomic E-state index is 11.9. The van der Waals surface area contributed by atoms with Gasteiger partial charge < -0.3 is 4.98 Å². The number of halogens is 1. The van der Waals surface area contributed by atoms with Crippen molar-refractivity contribution in [2.24, 2.45) is 0 Å². The van der Waals surface area contributed by atoms with Gasteiger partial charge in [-0.3, -0.25) is 4.79 Å². The fourth-order valence-corrected chi connectivity index (χ4v) is 3.82. The molecule has 1 aromatic rings. The van der Waals surface area contributed by atoms with Gasteiger partial charge in [0.2, 0.25) is 0 Å². The molecule has 0 amide bonds. The molecule has 0 saturated carbocycles. The molecule has 1 aliphatic rings. The zero-order valence-corrected chi connectivity index (χ0v) is 12.9. The van der Waals surface area contributed by atoms with Gasteiger partial charge in [-0.05, 0) is 47.6 Å². The molecule has 1 fully saturated rings. The lowest BCUT2D eigenvalue weighted by Crippen LogP contribution is -2.20. The molecular weight excluding hydrogens is 347 g/mol. The van der Waals surface area contributed by atoms with E-state index in [1.54, 1.807) is 0 Å². The predicted molar refractivity (Wildman–Crippen MR) is 80.6 cm³/mol. The fourth-order valence-electron chi connectivity index (χ4n) is 2.04. The van der Waals surface area contributed by atoms with E-state index < -0.39 is 0 Å². The molecule has 1 N–H and O–H groups in total. The first-order chi connectivity index (χ1) is 8.22. The van der Waals surface area contributed by atoms with Gasteiger partial charge in [-0.15, -0.1) is 0 Å². The maximum atomic E-state index is 11.9. The largest absolute Gasteiger partial charge is 0.309 e. The van der Waals surface area contributed by atoms with E-state index in [0.717, 1.165) is 34.4 Å². The van der Waals surface area contributed by atoms with Crippen LogP contribution in [0.3, 0.4) is 0 Å². The van der Waals surface area contributed by atoms with E-state index in [2.05, 4.69) is 39.5 Å². The third-order valence-electron chi connectivity index (χ3n) is 2.92. The Bertz CT molecular complexity index is 441. The van der Waals surface area contributed by atoms with Crippen LogP contribution in [0.15, 0.2) is 4.79 Å². The van der Waals surface area contributed by atoms with Gasteiger partial charge in [0, 0.05) is 0 Å². The van der Waals surface area contributed by atoms with Crippen molar-refractivity contribution < 1.29 is 0 Å². The van der Waals surface area contributed by atoms with Gasteiger partial charge in [0.05, 0.1) is 14.5 Å². The molecule has 0 spiro atoms. The first-order valence-electron chi connectivity index (χ1n) is 6.12. The molecule has 2 rings (SSSR count). The van der Waals surface area contributed by atoms with Crippen molar-refractivity contribution in [1.82, 2.24) is 9.97 Å². The average Bonchev–Trinajstić information content (AvgIpc) is 2.36. The monoisotopic (exact) mass is 364 g/mol. The molecule has 0 bridgehead atoms. The first kappa shape index (κ1) is 13.4. The SMILES string of the molecule is CCCc1nc(C2CCCCS2)[nH]c(=O)c1I. The van der Waals surface area contributed by atoms with Crippen LogP contribution in [-0.2, 0) is 6.42 Å². The first-order valence-corrected chi connectivity index (χ1v) is 8.25. The van der Waals surface area contributed by atoms with E-state index >= 15 is 0 Å². The van der Waals surface area contributed by atoms with E-state index in [4.69, 9.17) is 0 Å². The van der Waals surface area contributed by atoms with Crippen molar-refractivity contribution in [3.63, 3.8) is 0 Å². The number of H-pyrrole nitrogens is 1. The number of hydrogen-bond acceptors (Lipinski definition) is 3. The molecule has 1 aromatic heterocycles. The highest BCUT2D eigenvalue weighted by Gasteiger charge is 2.20. The summed E-state index contributed by atoms with van der Waals surface area (Å²) in [5.41, 5.74) is 1.00. The van der Waals surface area contributed by atoms with Crippen molar-refractivity contribution in [3.8, 4) is 0 Å². The second-order valence-corrected chi connectivity index (χ2v) is 6.71. The van der Waals surface area contributed by atoms with Gasteiger partial charge >= 0.3 is 0 Å². The lowest BCUT2D eigenvalue weighted by Gasteiger charge is -2.20. The van der Waals surface area contributed by atoms with Crippen molar-refractivity contribution in [2.75, 3.05) is 5.75 Å². The summed E-state index contributed by atoms with van der Waals surface area (Å²) < 4.78 is 0.758. The quantitative estimate of drug-likeness (QED) is 0.838. The molecule has 0 radical (unpaired) electrons. The van der Waals surface area contributed by atoms with E-state index in [1.165, 1.54) is 18.6 Å². The smallest absolute Gasteiger partial charge is 0.264 e. The lowest BCUT2D eigenvalue weighted by atomic mass is 10.1. The Morgan fingerprint density at radius 2 is 2.35 bits per heavy atom. The van der Waals surface area contributed by atoms with Crippen LogP contribution in [0, 0.1) is 3.57 Å². The minimum Gasteiger partial charge on any atom is -0.309 e. The minimum atomic E-state index is 0.0326. The highest BCUT2D eigenvalue weighted by molar-refractivity contribution is 14.1. The number of nitrogens with one attached hydrogen (secondary N) is 1. The molecule has 3 nitrogen and oxygen atoms in total. The predicted octanol–water partition coefficient (Wildman–Crippen LogP) is 3.29. The van der Waals surface area contributed by atoms with Gasteiger partial charge in [-0.25, -0.2) is 4.98 Å². The molecule has 1 unspecified atom stereocenters. The van der Waals surface area contributed by atoms with Crippen LogP contribution in [-0.4, -0.2) is 15.7 Å². The second kappa shape index (κ2) is 6.22. The highest BCUT2D eigenvalue weighted by Crippen LogP contribution is 2.36. The Kier molecular flexibility index (Phi) is 4.90. The fraction of sp³-hybridized carbons (Fsp3) is 0.667. The zero-order valence-electron chi connectivity index (χ0n) is 9.96. The van der Waals surface area contributed by atoms with Crippen molar-refractivity contribution in [2.45, 2.75) is 44.3 Å². The third kappa shape index (κ3) is 3.24. The van der Waals surface area contributed by atoms with E-state index in [1.807, 2.05) is 11.8 Å². The van der Waals surface area contributed by atoms with E-state index in [0.29, 0.717) is 5.25 Å². The standard InChI is InChI=1S/C12H17IN2OS/c1-2-5-8-10(13)12(16)15-11(14-8)9-6-3-4-7-17-9/h9H,2-7H2,1H3,(H,14,15,16). The van der Waals surface area contributed by atoms with Crippen LogP contribution in [0.25, 0.3) is 0 Å². The summed E-state index contributed by atoms with van der Waals surface area (Å²) in [6.45, 7) is 2.12. The highest BCUT2D eigenvalue weighted by atomic mass is 127. The number of thioether (sulfide) groups is 1. The summed E-state index contributed by atoms with van der Waals surface area (Å²) in [5.74, 6) is 2.08. The lowest BCUT2D eigenvalue weighted by molar-refractivity contribution is 0.653. The van der Waals surface area contributed by atoms with Crippen LogP contribution in [0.2, 0.25) is 0 Å². The van der Waals surface area contributed by atoms with Crippen LogP contribution in [0.1, 0.15) is 49.4 Å². The molecule has 94 valence electrons. The Balaban J connectivity index is 2.30. The van der Waals surface area contributed by atoms with Gasteiger partial charge in [0.15, 0.2) is 0 Å². The van der Waals surface area contributed by atoms with Gasteiger partial charge in [0.1, 0.15) is 5.82 Å². The Labute approximate surface area is 119 Å². The summed E-state index contributed by atoms with van der Waals surface area (Å²) in [5, 5.41) is 0.393. The van der Waals surface area contributed by atoms with Gasteiger partial charge in [-0.1, -0.05) is 19.8 Å². The molecule has 1 atom stereocenters. The molecule has 2 heterocycles. The van der Waals surface area contributed by atoms with Crippen molar-refractivity contribution in [1.29, 1.82) is 0 Å². The molecule has 1 aliphatic heterocycles. The van der Waals surface area contributed by atoms with Crippen molar-refractivity contribution in [3.05, 3.63) is 25.4 Å². The van der Waals surface area contributed by atoms with Crippen LogP contribution < -0.4 is 5.56 Å². The zero-order chi connectivity index (χ0) is 12.3. The Morgan fingerprint density at radius 1 is 1.53 bits per heavy atom. The number of aromatic amines is 1. The summed E-state index contributed by atoms with van der Waals surface area (Å²) in [7, 11) is 0. The molecule has 0 aromatic carbocycles. The minimum absolute atomic E-state index is 0.0326. The molecule has 17 heavy (non-hydrogen) atoms. The van der Waals surface area contributed by atoms with Gasteiger partial charge in [-0.2, -0.15) is 11.8 Å². The molecule has 5 heteroatoms. The maximum Gasteiger partial charge on any atom is 0.264 e.